The van der Waals surface area contributed by atoms with Crippen LogP contribution >= 0.6 is 10.7 Å². The molecule has 0 aliphatic heterocycles. The van der Waals surface area contributed by atoms with Gasteiger partial charge in [-0.3, -0.25) is 0 Å². The topological polar surface area (TPSA) is 43.4 Å². The van der Waals surface area contributed by atoms with Crippen molar-refractivity contribution in [3.63, 3.8) is 0 Å². The monoisotopic (exact) mass is 310 g/mol. The van der Waals surface area contributed by atoms with Crippen molar-refractivity contribution in [1.82, 2.24) is 0 Å². The first kappa shape index (κ1) is 17.3. The third-order valence-corrected chi connectivity index (χ3v) is 5.52. The van der Waals surface area contributed by atoms with Crippen molar-refractivity contribution in [2.45, 2.75) is 65.4 Å². The van der Waals surface area contributed by atoms with Crippen molar-refractivity contribution in [1.29, 1.82) is 0 Å². The molecule has 1 saturated carbocycles. The van der Waals surface area contributed by atoms with Crippen LogP contribution < -0.4 is 0 Å². The van der Waals surface area contributed by atoms with Crippen LogP contribution in [0.5, 0.6) is 0 Å². The second-order valence-corrected chi connectivity index (χ2v) is 9.13. The summed E-state index contributed by atoms with van der Waals surface area (Å²) in [6, 6.07) is 0. The van der Waals surface area contributed by atoms with Gasteiger partial charge in [0.2, 0.25) is 9.05 Å². The van der Waals surface area contributed by atoms with Gasteiger partial charge in [0.1, 0.15) is 0 Å². The Kier molecular flexibility index (Phi) is 6.61. The summed E-state index contributed by atoms with van der Waals surface area (Å²) < 4.78 is 28.9. The number of hydrogen-bond acceptors (Lipinski definition) is 3. The maximum atomic E-state index is 11.5. The van der Waals surface area contributed by atoms with Crippen molar-refractivity contribution in [2.75, 3.05) is 12.4 Å². The van der Waals surface area contributed by atoms with E-state index in [9.17, 15) is 8.42 Å². The Balaban J connectivity index is 2.73. The molecule has 1 unspecified atom stereocenters. The van der Waals surface area contributed by atoms with E-state index >= 15 is 0 Å². The van der Waals surface area contributed by atoms with Crippen LogP contribution in [0.1, 0.15) is 59.3 Å². The minimum Gasteiger partial charge on any atom is -0.378 e. The van der Waals surface area contributed by atoms with Gasteiger partial charge in [0, 0.05) is 16.1 Å². The van der Waals surface area contributed by atoms with E-state index in [1.165, 1.54) is 12.8 Å². The molecule has 5 heteroatoms. The van der Waals surface area contributed by atoms with E-state index in [0.717, 1.165) is 25.7 Å². The van der Waals surface area contributed by atoms with Gasteiger partial charge >= 0.3 is 0 Å². The third kappa shape index (κ3) is 6.46. The molecule has 0 bridgehead atoms. The van der Waals surface area contributed by atoms with Crippen molar-refractivity contribution in [3.05, 3.63) is 0 Å². The molecule has 1 rings (SSSR count). The highest BCUT2D eigenvalue weighted by atomic mass is 35.7. The second kappa shape index (κ2) is 7.28. The fourth-order valence-corrected chi connectivity index (χ4v) is 4.47. The van der Waals surface area contributed by atoms with Gasteiger partial charge in [-0.25, -0.2) is 8.42 Å². The standard InChI is InChI=1S/C14H27ClO3S/c1-12(2)13(3)18-10-14(11-19(15,16)17)8-6-4-5-7-9-14/h12-13H,4-11H2,1-3H3. The lowest BCUT2D eigenvalue weighted by Gasteiger charge is -2.33. The van der Waals surface area contributed by atoms with E-state index in [2.05, 4.69) is 13.8 Å². The van der Waals surface area contributed by atoms with Crippen LogP contribution in [0.15, 0.2) is 0 Å². The molecule has 0 spiro atoms. The Labute approximate surface area is 122 Å². The predicted octanol–water partition coefficient (Wildman–Crippen LogP) is 3.96. The Morgan fingerprint density at radius 3 is 2.05 bits per heavy atom. The highest BCUT2D eigenvalue weighted by Gasteiger charge is 2.36. The lowest BCUT2D eigenvalue weighted by molar-refractivity contribution is -0.0194. The van der Waals surface area contributed by atoms with Gasteiger partial charge in [0.25, 0.3) is 0 Å². The smallest absolute Gasteiger partial charge is 0.233 e. The average Bonchev–Trinajstić information content (AvgIpc) is 2.49. The molecule has 1 aliphatic rings. The van der Waals surface area contributed by atoms with Crippen molar-refractivity contribution in [2.24, 2.45) is 11.3 Å². The molecular formula is C14H27ClO3S. The first-order chi connectivity index (χ1) is 8.74. The van der Waals surface area contributed by atoms with E-state index in [0.29, 0.717) is 12.5 Å². The molecule has 0 aromatic heterocycles. The zero-order chi connectivity index (χ0) is 14.5. The van der Waals surface area contributed by atoms with E-state index < -0.39 is 9.05 Å². The molecule has 1 fully saturated rings. The summed E-state index contributed by atoms with van der Waals surface area (Å²) in [6.07, 6.45) is 6.48. The Morgan fingerprint density at radius 2 is 1.63 bits per heavy atom. The van der Waals surface area contributed by atoms with Crippen molar-refractivity contribution >= 4 is 19.7 Å². The van der Waals surface area contributed by atoms with Crippen LogP contribution in [0.25, 0.3) is 0 Å². The maximum Gasteiger partial charge on any atom is 0.233 e. The van der Waals surface area contributed by atoms with Crippen LogP contribution in [0.2, 0.25) is 0 Å². The summed E-state index contributed by atoms with van der Waals surface area (Å²) in [5.41, 5.74) is -0.278. The van der Waals surface area contributed by atoms with Gasteiger partial charge < -0.3 is 4.74 Å². The first-order valence-corrected chi connectivity index (χ1v) is 9.76. The summed E-state index contributed by atoms with van der Waals surface area (Å²) in [7, 11) is 2.03. The lowest BCUT2D eigenvalue weighted by Crippen LogP contribution is -2.35. The summed E-state index contributed by atoms with van der Waals surface area (Å²) >= 11 is 0. The van der Waals surface area contributed by atoms with Crippen LogP contribution in [0.4, 0.5) is 0 Å². The Bertz CT molecular complexity index is 357. The van der Waals surface area contributed by atoms with Crippen molar-refractivity contribution in [3.8, 4) is 0 Å². The van der Waals surface area contributed by atoms with E-state index in [1.807, 2.05) is 6.92 Å². The molecule has 0 saturated heterocycles. The molecule has 0 aromatic rings. The number of ether oxygens (including phenoxy) is 1. The van der Waals surface area contributed by atoms with Crippen LogP contribution in [-0.2, 0) is 13.8 Å². The zero-order valence-corrected chi connectivity index (χ0v) is 13.9. The Hall–Kier alpha value is 0.200. The first-order valence-electron chi connectivity index (χ1n) is 7.28. The fraction of sp³-hybridized carbons (Fsp3) is 1.00. The van der Waals surface area contributed by atoms with E-state index in [1.54, 1.807) is 0 Å². The van der Waals surface area contributed by atoms with Gasteiger partial charge in [-0.2, -0.15) is 0 Å². The van der Waals surface area contributed by atoms with Gasteiger partial charge in [0.15, 0.2) is 0 Å². The van der Waals surface area contributed by atoms with Crippen LogP contribution in [-0.4, -0.2) is 26.9 Å². The average molecular weight is 311 g/mol. The molecule has 0 amide bonds. The van der Waals surface area contributed by atoms with Gasteiger partial charge in [-0.1, -0.05) is 39.5 Å². The summed E-state index contributed by atoms with van der Waals surface area (Å²) in [5, 5.41) is 0. The van der Waals surface area contributed by atoms with E-state index in [4.69, 9.17) is 15.4 Å². The molecule has 3 nitrogen and oxygen atoms in total. The number of rotatable bonds is 6. The maximum absolute atomic E-state index is 11.5. The number of halogens is 1. The van der Waals surface area contributed by atoms with Crippen LogP contribution in [0.3, 0.4) is 0 Å². The normalized spacial score (nSPS) is 22.2. The molecule has 0 radical (unpaired) electrons. The zero-order valence-electron chi connectivity index (χ0n) is 12.3. The molecular weight excluding hydrogens is 284 g/mol. The summed E-state index contributed by atoms with van der Waals surface area (Å²) in [5.74, 6) is 0.488. The summed E-state index contributed by atoms with van der Waals surface area (Å²) in [6.45, 7) is 6.79. The molecule has 0 heterocycles. The highest BCUT2D eigenvalue weighted by molar-refractivity contribution is 8.13. The fourth-order valence-electron chi connectivity index (χ4n) is 2.68. The molecule has 0 aromatic carbocycles. The molecule has 0 N–H and O–H groups in total. The van der Waals surface area contributed by atoms with Crippen LogP contribution in [0, 0.1) is 11.3 Å². The summed E-state index contributed by atoms with van der Waals surface area (Å²) in [4.78, 5) is 0. The minimum atomic E-state index is -3.47. The van der Waals surface area contributed by atoms with E-state index in [-0.39, 0.29) is 17.3 Å². The molecule has 114 valence electrons. The van der Waals surface area contributed by atoms with Gasteiger partial charge in [-0.15, -0.1) is 0 Å². The largest absolute Gasteiger partial charge is 0.378 e. The minimum absolute atomic E-state index is 0.0480. The molecule has 1 atom stereocenters. The Morgan fingerprint density at radius 1 is 1.11 bits per heavy atom. The lowest BCUT2D eigenvalue weighted by atomic mass is 9.83. The molecule has 1 aliphatic carbocycles. The quantitative estimate of drug-likeness (QED) is 0.551. The van der Waals surface area contributed by atoms with Gasteiger partial charge in [-0.05, 0) is 25.7 Å². The SMILES string of the molecule is CC(C)C(C)OCC1(CS(=O)(=O)Cl)CCCCCC1. The molecule has 19 heavy (non-hydrogen) atoms. The number of hydrogen-bond donors (Lipinski definition) is 0. The second-order valence-electron chi connectivity index (χ2n) is 6.36. The third-order valence-electron chi connectivity index (χ3n) is 4.23. The highest BCUT2D eigenvalue weighted by Crippen LogP contribution is 2.38. The van der Waals surface area contributed by atoms with Gasteiger partial charge in [0.05, 0.1) is 18.5 Å². The van der Waals surface area contributed by atoms with Crippen molar-refractivity contribution < 1.29 is 13.2 Å². The predicted molar refractivity (Wildman–Crippen MR) is 80.0 cm³/mol.